The van der Waals surface area contributed by atoms with Gasteiger partial charge in [-0.25, -0.2) is 4.79 Å². The van der Waals surface area contributed by atoms with Gasteiger partial charge in [0.15, 0.2) is 5.76 Å². The Kier molecular flexibility index (Phi) is 4.96. The van der Waals surface area contributed by atoms with E-state index in [-0.39, 0.29) is 17.0 Å². The second kappa shape index (κ2) is 7.31. The maximum atomic E-state index is 12.3. The SMILES string of the molecule is O=C(Nc1ccccc1C(=O)O)c1ccc(CN2CCCCC2)o1. The molecule has 2 heterocycles. The average Bonchev–Trinajstić information content (AvgIpc) is 3.05. The number of carbonyl (C=O) groups excluding carboxylic acids is 1. The van der Waals surface area contributed by atoms with E-state index in [4.69, 9.17) is 9.52 Å². The molecule has 0 spiro atoms. The number of nitrogens with one attached hydrogen (secondary N) is 1. The van der Waals surface area contributed by atoms with Crippen molar-refractivity contribution in [2.75, 3.05) is 18.4 Å². The van der Waals surface area contributed by atoms with E-state index < -0.39 is 11.9 Å². The van der Waals surface area contributed by atoms with Crippen molar-refractivity contribution in [3.8, 4) is 0 Å². The molecule has 1 aliphatic rings. The van der Waals surface area contributed by atoms with Gasteiger partial charge in [-0.1, -0.05) is 18.6 Å². The van der Waals surface area contributed by atoms with Crippen LogP contribution in [0.4, 0.5) is 5.69 Å². The number of nitrogens with zero attached hydrogens (tertiary/aromatic N) is 1. The number of hydrogen-bond acceptors (Lipinski definition) is 4. The molecule has 0 atom stereocenters. The molecule has 1 fully saturated rings. The highest BCUT2D eigenvalue weighted by molar-refractivity contribution is 6.06. The van der Waals surface area contributed by atoms with Crippen LogP contribution in [0.1, 0.15) is 45.9 Å². The zero-order valence-electron chi connectivity index (χ0n) is 13.3. The monoisotopic (exact) mass is 328 g/mol. The summed E-state index contributed by atoms with van der Waals surface area (Å²) in [6, 6.07) is 9.71. The molecular weight excluding hydrogens is 308 g/mol. The highest BCUT2D eigenvalue weighted by atomic mass is 16.4. The average molecular weight is 328 g/mol. The van der Waals surface area contributed by atoms with Crippen LogP contribution in [-0.4, -0.2) is 35.0 Å². The molecule has 2 N–H and O–H groups in total. The second-order valence-corrected chi connectivity index (χ2v) is 5.91. The smallest absolute Gasteiger partial charge is 0.337 e. The first-order valence-electron chi connectivity index (χ1n) is 8.08. The van der Waals surface area contributed by atoms with Gasteiger partial charge in [0.1, 0.15) is 5.76 Å². The van der Waals surface area contributed by atoms with Gasteiger partial charge in [-0.05, 0) is 50.2 Å². The van der Waals surface area contributed by atoms with Crippen LogP contribution >= 0.6 is 0 Å². The summed E-state index contributed by atoms with van der Waals surface area (Å²) in [7, 11) is 0. The molecule has 0 aliphatic carbocycles. The first-order valence-corrected chi connectivity index (χ1v) is 8.08. The van der Waals surface area contributed by atoms with Crippen molar-refractivity contribution in [2.45, 2.75) is 25.8 Å². The zero-order chi connectivity index (χ0) is 16.9. The van der Waals surface area contributed by atoms with Crippen LogP contribution in [0.5, 0.6) is 0 Å². The lowest BCUT2D eigenvalue weighted by Gasteiger charge is -2.25. The molecule has 0 unspecified atom stereocenters. The molecule has 1 amide bonds. The predicted molar refractivity (Wildman–Crippen MR) is 89.2 cm³/mol. The van der Waals surface area contributed by atoms with E-state index in [2.05, 4.69) is 10.2 Å². The van der Waals surface area contributed by atoms with Gasteiger partial charge >= 0.3 is 5.97 Å². The number of carbonyl (C=O) groups is 2. The first-order chi connectivity index (χ1) is 11.6. The summed E-state index contributed by atoms with van der Waals surface area (Å²) < 4.78 is 5.62. The number of benzene rings is 1. The highest BCUT2D eigenvalue weighted by Gasteiger charge is 2.17. The quantitative estimate of drug-likeness (QED) is 0.880. The number of carboxylic acids is 1. The Bertz CT molecular complexity index is 732. The molecule has 0 bridgehead atoms. The summed E-state index contributed by atoms with van der Waals surface area (Å²) in [5, 5.41) is 11.8. The van der Waals surface area contributed by atoms with E-state index in [1.54, 1.807) is 30.3 Å². The summed E-state index contributed by atoms with van der Waals surface area (Å²) in [5.74, 6) is -0.611. The Morgan fingerprint density at radius 3 is 2.58 bits per heavy atom. The number of carboxylic acid groups (broad SMARTS) is 1. The van der Waals surface area contributed by atoms with Crippen molar-refractivity contribution >= 4 is 17.6 Å². The molecule has 2 aromatic rings. The van der Waals surface area contributed by atoms with Gasteiger partial charge in [0.25, 0.3) is 5.91 Å². The topological polar surface area (TPSA) is 82.8 Å². The molecule has 126 valence electrons. The molecule has 24 heavy (non-hydrogen) atoms. The molecule has 1 aromatic heterocycles. The van der Waals surface area contributed by atoms with Crippen LogP contribution in [0.25, 0.3) is 0 Å². The number of piperidine rings is 1. The van der Waals surface area contributed by atoms with E-state index in [0.717, 1.165) is 18.8 Å². The number of anilines is 1. The van der Waals surface area contributed by atoms with Crippen molar-refractivity contribution < 1.29 is 19.1 Å². The number of likely N-dealkylation sites (tertiary alicyclic amines) is 1. The molecule has 3 rings (SSSR count). The van der Waals surface area contributed by atoms with E-state index >= 15 is 0 Å². The summed E-state index contributed by atoms with van der Waals surface area (Å²) in [5.41, 5.74) is 0.301. The minimum Gasteiger partial charge on any atom is -0.478 e. The molecular formula is C18H20N2O4. The molecule has 6 nitrogen and oxygen atoms in total. The van der Waals surface area contributed by atoms with Gasteiger partial charge in [0.2, 0.25) is 0 Å². The Hall–Kier alpha value is -2.60. The first kappa shape index (κ1) is 16.3. The van der Waals surface area contributed by atoms with Crippen LogP contribution in [0.2, 0.25) is 0 Å². The standard InChI is InChI=1S/C18H20N2O4/c21-17(19-15-7-3-2-6-14(15)18(22)23)16-9-8-13(24-16)12-20-10-4-1-5-11-20/h2-3,6-9H,1,4-5,10-12H2,(H,19,21)(H,22,23). The Morgan fingerprint density at radius 2 is 1.83 bits per heavy atom. The fourth-order valence-electron chi connectivity index (χ4n) is 2.89. The van der Waals surface area contributed by atoms with Crippen LogP contribution in [0.3, 0.4) is 0 Å². The molecule has 1 aromatic carbocycles. The number of rotatable bonds is 5. The molecule has 6 heteroatoms. The Balaban J connectivity index is 1.66. The van der Waals surface area contributed by atoms with E-state index in [1.165, 1.54) is 25.3 Å². The fraction of sp³-hybridized carbons (Fsp3) is 0.333. The van der Waals surface area contributed by atoms with Crippen molar-refractivity contribution in [1.82, 2.24) is 4.90 Å². The third-order valence-corrected chi connectivity index (χ3v) is 4.12. The molecule has 0 saturated carbocycles. The number of aromatic carboxylic acids is 1. The van der Waals surface area contributed by atoms with Gasteiger partial charge in [-0.2, -0.15) is 0 Å². The summed E-state index contributed by atoms with van der Waals surface area (Å²) in [6.07, 6.45) is 3.66. The van der Waals surface area contributed by atoms with Crippen molar-refractivity contribution in [2.24, 2.45) is 0 Å². The predicted octanol–water partition coefficient (Wildman–Crippen LogP) is 3.22. The van der Waals surface area contributed by atoms with Gasteiger partial charge in [0, 0.05) is 0 Å². The molecule has 0 radical (unpaired) electrons. The molecule has 1 saturated heterocycles. The van der Waals surface area contributed by atoms with Gasteiger partial charge in [-0.3, -0.25) is 9.69 Å². The van der Waals surface area contributed by atoms with E-state index in [9.17, 15) is 9.59 Å². The van der Waals surface area contributed by atoms with Crippen LogP contribution < -0.4 is 5.32 Å². The minimum atomic E-state index is -1.09. The maximum Gasteiger partial charge on any atom is 0.337 e. The van der Waals surface area contributed by atoms with Crippen molar-refractivity contribution in [1.29, 1.82) is 0 Å². The summed E-state index contributed by atoms with van der Waals surface area (Å²) in [6.45, 7) is 2.79. The van der Waals surface area contributed by atoms with Crippen LogP contribution in [0.15, 0.2) is 40.8 Å². The van der Waals surface area contributed by atoms with Crippen LogP contribution in [0, 0.1) is 0 Å². The number of amides is 1. The normalized spacial score (nSPS) is 15.2. The lowest BCUT2D eigenvalue weighted by atomic mass is 10.1. The lowest BCUT2D eigenvalue weighted by Crippen LogP contribution is -2.28. The van der Waals surface area contributed by atoms with Crippen molar-refractivity contribution in [3.63, 3.8) is 0 Å². The van der Waals surface area contributed by atoms with Gasteiger partial charge in [-0.15, -0.1) is 0 Å². The van der Waals surface area contributed by atoms with Crippen LogP contribution in [-0.2, 0) is 6.54 Å². The summed E-state index contributed by atoms with van der Waals surface area (Å²) >= 11 is 0. The highest BCUT2D eigenvalue weighted by Crippen LogP contribution is 2.18. The van der Waals surface area contributed by atoms with Gasteiger partial charge in [0.05, 0.1) is 17.8 Å². The van der Waals surface area contributed by atoms with E-state index in [1.807, 2.05) is 0 Å². The largest absolute Gasteiger partial charge is 0.478 e. The fourth-order valence-corrected chi connectivity index (χ4v) is 2.89. The summed E-state index contributed by atoms with van der Waals surface area (Å²) in [4.78, 5) is 25.8. The Labute approximate surface area is 140 Å². The number of para-hydroxylation sites is 1. The van der Waals surface area contributed by atoms with Gasteiger partial charge < -0.3 is 14.8 Å². The number of furan rings is 1. The number of hydrogen-bond donors (Lipinski definition) is 2. The van der Waals surface area contributed by atoms with Crippen molar-refractivity contribution in [3.05, 3.63) is 53.5 Å². The third-order valence-electron chi connectivity index (χ3n) is 4.12. The second-order valence-electron chi connectivity index (χ2n) is 5.91. The maximum absolute atomic E-state index is 12.3. The third kappa shape index (κ3) is 3.83. The minimum absolute atomic E-state index is 0.0472. The Morgan fingerprint density at radius 1 is 1.08 bits per heavy atom. The lowest BCUT2D eigenvalue weighted by molar-refractivity contribution is 0.0698. The zero-order valence-corrected chi connectivity index (χ0v) is 13.3. The van der Waals surface area contributed by atoms with E-state index in [0.29, 0.717) is 6.54 Å². The molecule has 1 aliphatic heterocycles.